The van der Waals surface area contributed by atoms with Gasteiger partial charge in [-0.2, -0.15) is 4.68 Å². The zero-order valence-electron chi connectivity index (χ0n) is 18.6. The Balaban J connectivity index is 1.20. The van der Waals surface area contributed by atoms with E-state index in [0.29, 0.717) is 54.7 Å². The lowest BCUT2D eigenvalue weighted by molar-refractivity contribution is -0.138. The maximum Gasteiger partial charge on any atom is 0.336 e. The van der Waals surface area contributed by atoms with Crippen molar-refractivity contribution in [2.45, 2.75) is 39.2 Å². The van der Waals surface area contributed by atoms with Gasteiger partial charge in [-0.3, -0.25) is 4.79 Å². The number of nitrogens with zero attached hydrogens (tertiary/aromatic N) is 8. The number of aromatic nitrogens is 6. The lowest BCUT2D eigenvalue weighted by Crippen LogP contribution is -2.45. The highest BCUT2D eigenvalue weighted by atomic mass is 16.5. The molecule has 1 amide bonds. The van der Waals surface area contributed by atoms with Crippen molar-refractivity contribution in [3.05, 3.63) is 35.2 Å². The summed E-state index contributed by atoms with van der Waals surface area (Å²) in [5, 5.41) is 21.8. The lowest BCUT2D eigenvalue weighted by atomic mass is 9.77. The number of hydrogen-bond donors (Lipinski definition) is 1. The summed E-state index contributed by atoms with van der Waals surface area (Å²) in [6, 6.07) is 0. The molecule has 5 heterocycles. The number of carbonyl (C=O) groups excluding carboxylic acids is 2. The first-order valence-electron chi connectivity index (χ1n) is 11.0. The summed E-state index contributed by atoms with van der Waals surface area (Å²) in [6.07, 6.45) is 4.41. The normalized spacial score (nSPS) is 21.8. The number of aliphatic hydroxyl groups excluding tert-OH is 1. The molecule has 2 fully saturated rings. The zero-order chi connectivity index (χ0) is 23.2. The molecule has 12 nitrogen and oxygen atoms in total. The molecular formula is C21H26N8O4. The number of amides is 1. The molecule has 0 saturated carbocycles. The van der Waals surface area contributed by atoms with Crippen LogP contribution in [0.4, 0.5) is 0 Å². The van der Waals surface area contributed by atoms with Crippen LogP contribution in [0.2, 0.25) is 0 Å². The van der Waals surface area contributed by atoms with Crippen LogP contribution in [0.3, 0.4) is 0 Å². The maximum absolute atomic E-state index is 13.3. The monoisotopic (exact) mass is 454 g/mol. The van der Waals surface area contributed by atoms with Crippen molar-refractivity contribution in [2.24, 2.45) is 5.41 Å². The van der Waals surface area contributed by atoms with E-state index >= 15 is 0 Å². The van der Waals surface area contributed by atoms with Gasteiger partial charge in [-0.1, -0.05) is 0 Å². The third-order valence-electron chi connectivity index (χ3n) is 7.01. The molecule has 0 aliphatic carbocycles. The van der Waals surface area contributed by atoms with Crippen molar-refractivity contribution in [2.75, 3.05) is 32.8 Å². The van der Waals surface area contributed by atoms with E-state index in [4.69, 9.17) is 4.74 Å². The largest absolute Gasteiger partial charge is 0.456 e. The van der Waals surface area contributed by atoms with Crippen molar-refractivity contribution in [3.8, 4) is 5.82 Å². The number of aryl methyl sites for hydroxylation is 1. The number of ether oxygens (including phenoxy) is 1. The van der Waals surface area contributed by atoms with Crippen molar-refractivity contribution in [3.63, 3.8) is 0 Å². The number of hydrogen-bond acceptors (Lipinski definition) is 10. The minimum Gasteiger partial charge on any atom is -0.456 e. The molecule has 33 heavy (non-hydrogen) atoms. The molecule has 2 aromatic rings. The number of carbonyl (C=O) groups is 2. The minimum atomic E-state index is -0.793. The fourth-order valence-corrected chi connectivity index (χ4v) is 4.93. The van der Waals surface area contributed by atoms with Crippen molar-refractivity contribution in [1.29, 1.82) is 0 Å². The first kappa shape index (κ1) is 21.6. The van der Waals surface area contributed by atoms with Crippen molar-refractivity contribution in [1.82, 2.24) is 40.0 Å². The van der Waals surface area contributed by atoms with Gasteiger partial charge < -0.3 is 19.6 Å². The van der Waals surface area contributed by atoms with E-state index in [1.54, 1.807) is 24.9 Å². The first-order valence-corrected chi connectivity index (χ1v) is 11.0. The van der Waals surface area contributed by atoms with Crippen LogP contribution in [0.15, 0.2) is 23.8 Å². The Hall–Kier alpha value is -3.25. The third-order valence-corrected chi connectivity index (χ3v) is 7.01. The Labute approximate surface area is 190 Å². The second-order valence-electron chi connectivity index (χ2n) is 8.91. The van der Waals surface area contributed by atoms with Gasteiger partial charge >= 0.3 is 5.97 Å². The molecule has 0 aromatic carbocycles. The quantitative estimate of drug-likeness (QED) is 0.611. The number of cyclic esters (lactones) is 1. The summed E-state index contributed by atoms with van der Waals surface area (Å²) in [5.74, 6) is 0.266. The van der Waals surface area contributed by atoms with E-state index in [9.17, 15) is 14.7 Å². The van der Waals surface area contributed by atoms with E-state index in [-0.39, 0.29) is 18.5 Å². The SMILES string of the molecule is CC1=C(N2CCC3(CCN(C[C@@H](O)c4cnc(-n5cnnn5)c(C)n4)CC3)C2=O)COC1=O. The summed E-state index contributed by atoms with van der Waals surface area (Å²) in [5.41, 5.74) is 1.94. The average Bonchev–Trinajstić information content (AvgIpc) is 3.53. The van der Waals surface area contributed by atoms with Gasteiger partial charge in [0.05, 0.1) is 34.3 Å². The molecule has 2 saturated heterocycles. The smallest absolute Gasteiger partial charge is 0.336 e. The van der Waals surface area contributed by atoms with Gasteiger partial charge in [0.1, 0.15) is 19.0 Å². The predicted octanol–water partition coefficient (Wildman–Crippen LogP) is -0.0606. The topological polar surface area (TPSA) is 139 Å². The van der Waals surface area contributed by atoms with E-state index < -0.39 is 11.5 Å². The van der Waals surface area contributed by atoms with Crippen LogP contribution in [-0.4, -0.2) is 89.7 Å². The summed E-state index contributed by atoms with van der Waals surface area (Å²) in [7, 11) is 0. The molecule has 1 spiro atoms. The number of β-amino-alcohol motifs (C(OH)–C–C–N with tert-alkyl or cyclic N) is 1. The van der Waals surface area contributed by atoms with Gasteiger partial charge in [0.15, 0.2) is 5.82 Å². The first-order chi connectivity index (χ1) is 15.9. The number of aliphatic hydroxyl groups is 1. The maximum atomic E-state index is 13.3. The van der Waals surface area contributed by atoms with Gasteiger partial charge in [0.2, 0.25) is 5.91 Å². The molecular weight excluding hydrogens is 428 g/mol. The predicted molar refractivity (Wildman–Crippen MR) is 113 cm³/mol. The molecule has 0 bridgehead atoms. The van der Waals surface area contributed by atoms with Gasteiger partial charge in [-0.05, 0) is 56.6 Å². The van der Waals surface area contributed by atoms with Crippen LogP contribution in [0.1, 0.15) is 43.7 Å². The Morgan fingerprint density at radius 3 is 2.58 bits per heavy atom. The second-order valence-corrected chi connectivity index (χ2v) is 8.91. The summed E-state index contributed by atoms with van der Waals surface area (Å²) in [6.45, 7) is 6.14. The van der Waals surface area contributed by atoms with Crippen LogP contribution in [0, 0.1) is 12.3 Å². The van der Waals surface area contributed by atoms with Gasteiger partial charge in [0, 0.05) is 13.1 Å². The molecule has 5 rings (SSSR count). The Kier molecular flexibility index (Phi) is 5.41. The highest BCUT2D eigenvalue weighted by Gasteiger charge is 2.50. The number of rotatable bonds is 5. The van der Waals surface area contributed by atoms with Crippen LogP contribution in [-0.2, 0) is 14.3 Å². The molecule has 3 aliphatic rings. The third kappa shape index (κ3) is 3.78. The van der Waals surface area contributed by atoms with E-state index in [1.807, 2.05) is 0 Å². The molecule has 174 valence electrons. The zero-order valence-corrected chi connectivity index (χ0v) is 18.6. The number of esters is 1. The summed E-state index contributed by atoms with van der Waals surface area (Å²) < 4.78 is 6.52. The molecule has 12 heteroatoms. The highest BCUT2D eigenvalue weighted by Crippen LogP contribution is 2.43. The van der Waals surface area contributed by atoms with Crippen LogP contribution < -0.4 is 0 Å². The van der Waals surface area contributed by atoms with Crippen LogP contribution >= 0.6 is 0 Å². The number of piperidine rings is 1. The van der Waals surface area contributed by atoms with Crippen molar-refractivity contribution < 1.29 is 19.4 Å². The minimum absolute atomic E-state index is 0.0926. The van der Waals surface area contributed by atoms with Gasteiger partial charge in [-0.15, -0.1) is 5.10 Å². The molecule has 1 atom stereocenters. The Morgan fingerprint density at radius 1 is 1.18 bits per heavy atom. The van der Waals surface area contributed by atoms with E-state index in [2.05, 4.69) is 30.4 Å². The van der Waals surface area contributed by atoms with Crippen LogP contribution in [0.25, 0.3) is 5.82 Å². The summed E-state index contributed by atoms with van der Waals surface area (Å²) >= 11 is 0. The molecule has 1 N–H and O–H groups in total. The van der Waals surface area contributed by atoms with Crippen LogP contribution in [0.5, 0.6) is 0 Å². The number of likely N-dealkylation sites (tertiary alicyclic amines) is 2. The van der Waals surface area contributed by atoms with Gasteiger partial charge in [0.25, 0.3) is 0 Å². The fraction of sp³-hybridized carbons (Fsp3) is 0.571. The fourth-order valence-electron chi connectivity index (χ4n) is 4.93. The molecule has 0 radical (unpaired) electrons. The standard InChI is InChI=1S/C21H26N8O4/c1-13-16(11-33-19(13)31)28-8-5-21(20(28)32)3-6-27(7-4-21)10-17(30)15-9-22-18(14(2)24-15)29-12-23-25-26-29/h9,12,17,30H,3-8,10-11H2,1-2H3/t17-/m1/s1. The van der Waals surface area contributed by atoms with Crippen molar-refractivity contribution >= 4 is 11.9 Å². The highest BCUT2D eigenvalue weighted by molar-refractivity contribution is 5.94. The van der Waals surface area contributed by atoms with Gasteiger partial charge in [-0.25, -0.2) is 14.8 Å². The Morgan fingerprint density at radius 2 is 1.94 bits per heavy atom. The molecule has 3 aliphatic heterocycles. The van der Waals surface area contributed by atoms with E-state index in [1.165, 1.54) is 11.0 Å². The molecule has 2 aromatic heterocycles. The molecule has 0 unspecified atom stereocenters. The lowest BCUT2D eigenvalue weighted by Gasteiger charge is -2.38. The average molecular weight is 454 g/mol. The Bertz CT molecular complexity index is 1110. The van der Waals surface area contributed by atoms with E-state index in [0.717, 1.165) is 19.3 Å². The summed E-state index contributed by atoms with van der Waals surface area (Å²) in [4.78, 5) is 37.7. The number of tetrazole rings is 1. The second kappa shape index (κ2) is 8.27.